The minimum absolute atomic E-state index is 0.0658. The molecule has 0 unspecified atom stereocenters. The van der Waals surface area contributed by atoms with Gasteiger partial charge in [-0.3, -0.25) is 13.9 Å². The lowest BCUT2D eigenvalue weighted by molar-refractivity contribution is 0.116. The maximum atomic E-state index is 14.0. The Kier molecular flexibility index (Phi) is 8.43. The lowest BCUT2D eigenvalue weighted by Gasteiger charge is -2.40. The molecular formula is C31H36NO6P. The van der Waals surface area contributed by atoms with Crippen molar-refractivity contribution < 1.29 is 27.6 Å². The highest BCUT2D eigenvalue weighted by molar-refractivity contribution is 7.48. The summed E-state index contributed by atoms with van der Waals surface area (Å²) in [5.41, 5.74) is 2.88. The Morgan fingerprint density at radius 3 is 2.05 bits per heavy atom. The van der Waals surface area contributed by atoms with Gasteiger partial charge in [0.05, 0.1) is 27.4 Å². The molecule has 2 aliphatic rings. The molecule has 39 heavy (non-hydrogen) atoms. The number of likely N-dealkylation sites (N-methyl/N-ethyl adjacent to an activating group) is 1. The maximum absolute atomic E-state index is 14.0. The number of methoxy groups -OCH3 is 2. The van der Waals surface area contributed by atoms with E-state index in [-0.39, 0.29) is 24.7 Å². The zero-order valence-electron chi connectivity index (χ0n) is 22.7. The van der Waals surface area contributed by atoms with E-state index in [1.807, 2.05) is 66.7 Å². The summed E-state index contributed by atoms with van der Waals surface area (Å²) in [6.07, 6.45) is 4.55. The lowest BCUT2D eigenvalue weighted by Crippen LogP contribution is -2.42. The first-order chi connectivity index (χ1) is 18.9. The van der Waals surface area contributed by atoms with Crippen molar-refractivity contribution in [3.05, 3.63) is 107 Å². The molecule has 206 valence electrons. The van der Waals surface area contributed by atoms with E-state index in [0.29, 0.717) is 17.9 Å². The second kappa shape index (κ2) is 12.0. The van der Waals surface area contributed by atoms with E-state index in [2.05, 4.69) is 30.2 Å². The fraction of sp³-hybridized carbons (Fsp3) is 0.355. The maximum Gasteiger partial charge on any atom is 0.530 e. The molecule has 1 saturated heterocycles. The Hall–Kier alpha value is -3.09. The lowest BCUT2D eigenvalue weighted by atomic mass is 9.68. The third-order valence-corrected chi connectivity index (χ3v) is 9.11. The number of phosphoric acid groups is 1. The Labute approximate surface area is 230 Å². The summed E-state index contributed by atoms with van der Waals surface area (Å²) in [6.45, 7) is 1.19. The van der Waals surface area contributed by atoms with Gasteiger partial charge in [0, 0.05) is 17.9 Å². The molecule has 1 heterocycles. The molecular weight excluding hydrogens is 513 g/mol. The van der Waals surface area contributed by atoms with Crippen LogP contribution in [-0.2, 0) is 36.8 Å². The van der Waals surface area contributed by atoms with E-state index >= 15 is 0 Å². The molecule has 1 fully saturated rings. The van der Waals surface area contributed by atoms with Crippen molar-refractivity contribution in [3.8, 4) is 11.5 Å². The summed E-state index contributed by atoms with van der Waals surface area (Å²) in [5, 5.41) is 0. The Balaban J connectivity index is 1.39. The molecule has 7 nitrogen and oxygen atoms in total. The number of hydrogen-bond donors (Lipinski definition) is 0. The molecule has 2 atom stereocenters. The van der Waals surface area contributed by atoms with Crippen molar-refractivity contribution in [1.82, 2.24) is 4.90 Å². The van der Waals surface area contributed by atoms with Gasteiger partial charge in [-0.15, -0.1) is 0 Å². The monoisotopic (exact) mass is 549 g/mol. The van der Waals surface area contributed by atoms with Crippen LogP contribution in [0.5, 0.6) is 11.5 Å². The molecule has 8 heteroatoms. The average molecular weight is 550 g/mol. The van der Waals surface area contributed by atoms with Crippen LogP contribution in [0.3, 0.4) is 0 Å². The molecule has 0 aromatic heterocycles. The second-order valence-corrected chi connectivity index (χ2v) is 11.7. The fourth-order valence-electron chi connectivity index (χ4n) is 5.62. The smallest absolute Gasteiger partial charge is 0.493 e. The van der Waals surface area contributed by atoms with Gasteiger partial charge in [0.15, 0.2) is 11.5 Å². The number of allylic oxidation sites excluding steroid dienone is 1. The zero-order valence-corrected chi connectivity index (χ0v) is 23.6. The molecule has 1 aliphatic carbocycles. The second-order valence-electron chi connectivity index (χ2n) is 10.1. The van der Waals surface area contributed by atoms with E-state index in [0.717, 1.165) is 36.3 Å². The Morgan fingerprint density at radius 2 is 1.46 bits per heavy atom. The van der Waals surface area contributed by atoms with Gasteiger partial charge in [0.25, 0.3) is 0 Å². The topological polar surface area (TPSA) is 66.5 Å². The van der Waals surface area contributed by atoms with Gasteiger partial charge in [-0.2, -0.15) is 0 Å². The first kappa shape index (κ1) is 27.5. The molecule has 0 N–H and O–H groups in total. The summed E-state index contributed by atoms with van der Waals surface area (Å²) in [7, 11) is 1.50. The van der Waals surface area contributed by atoms with Crippen LogP contribution >= 0.6 is 7.82 Å². The molecule has 1 aliphatic heterocycles. The van der Waals surface area contributed by atoms with Crippen molar-refractivity contribution in [2.45, 2.75) is 43.9 Å². The van der Waals surface area contributed by atoms with E-state index in [4.69, 9.17) is 23.0 Å². The summed E-state index contributed by atoms with van der Waals surface area (Å²) in [4.78, 5) is 2.32. The van der Waals surface area contributed by atoms with Gasteiger partial charge in [-0.25, -0.2) is 4.57 Å². The molecule has 0 amide bonds. The van der Waals surface area contributed by atoms with Gasteiger partial charge < -0.3 is 14.0 Å². The van der Waals surface area contributed by atoms with Crippen molar-refractivity contribution >= 4 is 7.82 Å². The van der Waals surface area contributed by atoms with Gasteiger partial charge in [-0.05, 0) is 61.3 Å². The summed E-state index contributed by atoms with van der Waals surface area (Å²) < 4.78 is 42.9. The van der Waals surface area contributed by atoms with Crippen LogP contribution in [0.15, 0.2) is 90.7 Å². The van der Waals surface area contributed by atoms with Crippen LogP contribution in [-0.4, -0.2) is 38.8 Å². The van der Waals surface area contributed by atoms with Crippen LogP contribution in [0.2, 0.25) is 0 Å². The quantitative estimate of drug-likeness (QED) is 0.242. The highest BCUT2D eigenvalue weighted by atomic mass is 31.2. The van der Waals surface area contributed by atoms with Crippen LogP contribution in [0.4, 0.5) is 0 Å². The Morgan fingerprint density at radius 1 is 0.846 bits per heavy atom. The molecule has 0 saturated carbocycles. The fourth-order valence-corrected chi connectivity index (χ4v) is 6.85. The number of hydrogen-bond acceptors (Lipinski definition) is 7. The van der Waals surface area contributed by atoms with E-state index in [1.165, 1.54) is 5.56 Å². The number of benzene rings is 3. The van der Waals surface area contributed by atoms with E-state index in [1.54, 1.807) is 14.2 Å². The van der Waals surface area contributed by atoms with Gasteiger partial charge >= 0.3 is 7.82 Å². The van der Waals surface area contributed by atoms with Crippen molar-refractivity contribution in [2.75, 3.05) is 27.8 Å². The number of phosphoric ester groups is 1. The highest BCUT2D eigenvalue weighted by Crippen LogP contribution is 2.56. The highest BCUT2D eigenvalue weighted by Gasteiger charge is 2.49. The summed E-state index contributed by atoms with van der Waals surface area (Å²) >= 11 is 0. The van der Waals surface area contributed by atoms with Crippen molar-refractivity contribution in [3.63, 3.8) is 0 Å². The molecule has 0 bridgehead atoms. The van der Waals surface area contributed by atoms with Crippen LogP contribution in [0.25, 0.3) is 0 Å². The molecule has 3 aromatic rings. The van der Waals surface area contributed by atoms with E-state index < -0.39 is 7.82 Å². The normalized spacial score (nSPS) is 21.2. The molecule has 0 spiro atoms. The minimum atomic E-state index is -3.92. The molecule has 3 aromatic carbocycles. The number of fused-ring (bicyclic) bond motifs is 1. The van der Waals surface area contributed by atoms with E-state index in [9.17, 15) is 4.57 Å². The largest absolute Gasteiger partial charge is 0.530 e. The standard InChI is InChI=1S/C31H36NO6P/c1-32-19-18-31(26-14-15-28(34-2)29(20-26)35-3)17-16-27(21-30(31)32)38-39(33,36-22-24-10-6-4-7-11-24)37-23-25-12-8-5-9-13-25/h4-15,20-21,30H,16-19,22-23H2,1-3H3/t30-,31-/m0/s1. The number of likely N-dealkylation sites (tertiary alicyclic amines) is 1. The summed E-state index contributed by atoms with van der Waals surface area (Å²) in [6, 6.07) is 25.5. The van der Waals surface area contributed by atoms with Gasteiger partial charge in [-0.1, -0.05) is 66.7 Å². The average Bonchev–Trinajstić information content (AvgIpc) is 3.32. The minimum Gasteiger partial charge on any atom is -0.493 e. The third-order valence-electron chi connectivity index (χ3n) is 7.76. The molecule has 0 radical (unpaired) electrons. The SMILES string of the molecule is COc1ccc([C@@]23CCC(OP(=O)(OCc4ccccc4)OCc4ccccc4)=C[C@@H]2N(C)CC3)cc1OC. The van der Waals surface area contributed by atoms with Crippen LogP contribution in [0, 0.1) is 0 Å². The predicted octanol–water partition coefficient (Wildman–Crippen LogP) is 6.88. The van der Waals surface area contributed by atoms with Crippen molar-refractivity contribution in [1.29, 1.82) is 0 Å². The third kappa shape index (κ3) is 6.07. The Bertz CT molecular complexity index is 1280. The zero-order chi connectivity index (χ0) is 27.3. The molecule has 5 rings (SSSR count). The summed E-state index contributed by atoms with van der Waals surface area (Å²) in [5.74, 6) is 2.06. The van der Waals surface area contributed by atoms with Gasteiger partial charge in [0.1, 0.15) is 5.76 Å². The number of nitrogens with zero attached hydrogens (tertiary/aromatic N) is 1. The van der Waals surface area contributed by atoms with Crippen LogP contribution in [0.1, 0.15) is 36.0 Å². The van der Waals surface area contributed by atoms with Gasteiger partial charge in [0.2, 0.25) is 0 Å². The van der Waals surface area contributed by atoms with Crippen LogP contribution < -0.4 is 9.47 Å². The number of rotatable bonds is 11. The first-order valence-corrected chi connectivity index (χ1v) is 14.7. The number of ether oxygens (including phenoxy) is 2. The van der Waals surface area contributed by atoms with Crippen molar-refractivity contribution in [2.24, 2.45) is 0 Å². The predicted molar refractivity (Wildman–Crippen MR) is 151 cm³/mol. The first-order valence-electron chi connectivity index (χ1n) is 13.2.